The van der Waals surface area contributed by atoms with Gasteiger partial charge < -0.3 is 20.3 Å². The Bertz CT molecular complexity index is 793. The molecule has 1 aromatic rings. The highest BCUT2D eigenvalue weighted by atomic mass is 16.6. The second kappa shape index (κ2) is 11.3. The molecule has 2 N–H and O–H groups in total. The number of nitrogens with zero attached hydrogens (tertiary/aromatic N) is 1. The van der Waals surface area contributed by atoms with Gasteiger partial charge in [0.25, 0.3) is 0 Å². The Balaban J connectivity index is 3.32. The van der Waals surface area contributed by atoms with E-state index >= 15 is 0 Å². The number of rotatable bonds is 8. The molecule has 2 unspecified atom stereocenters. The Morgan fingerprint density at radius 3 is 2.22 bits per heavy atom. The average Bonchev–Trinajstić information content (AvgIpc) is 2.62. The Labute approximate surface area is 193 Å². The first-order chi connectivity index (χ1) is 14.7. The minimum absolute atomic E-state index is 0.239. The van der Waals surface area contributed by atoms with Gasteiger partial charge in [-0.1, -0.05) is 43.2 Å². The molecule has 1 aromatic carbocycles. The van der Waals surface area contributed by atoms with Crippen molar-refractivity contribution in [3.63, 3.8) is 0 Å². The molecular weight excluding hydrogens is 406 g/mol. The Morgan fingerprint density at radius 1 is 1.09 bits per heavy atom. The lowest BCUT2D eigenvalue weighted by molar-refractivity contribution is -0.148. The molecule has 0 aliphatic carbocycles. The second-order valence-corrected chi connectivity index (χ2v) is 10.2. The molecule has 0 heterocycles. The van der Waals surface area contributed by atoms with E-state index in [0.717, 1.165) is 24.0 Å². The monoisotopic (exact) mass is 447 g/mol. The van der Waals surface area contributed by atoms with Crippen molar-refractivity contribution in [3.05, 3.63) is 35.4 Å². The first-order valence-electron chi connectivity index (χ1n) is 11.3. The predicted octanol–water partition coefficient (Wildman–Crippen LogP) is 4.49. The van der Waals surface area contributed by atoms with Crippen molar-refractivity contribution in [2.75, 3.05) is 6.54 Å². The van der Waals surface area contributed by atoms with Crippen LogP contribution in [0.5, 0.6) is 0 Å². The van der Waals surface area contributed by atoms with E-state index in [1.165, 1.54) is 0 Å². The summed E-state index contributed by atoms with van der Waals surface area (Å²) < 4.78 is 5.30. The SMILES string of the molecule is CCCCNC(=O)C(c1cccc(C)c1)N(C(=O)C(C)NC(=O)OC(C)(C)C)C(C)(C)C. The van der Waals surface area contributed by atoms with Gasteiger partial charge in [-0.05, 0) is 67.4 Å². The molecule has 0 aromatic heterocycles. The van der Waals surface area contributed by atoms with E-state index < -0.39 is 29.3 Å². The van der Waals surface area contributed by atoms with Crippen LogP contribution >= 0.6 is 0 Å². The maximum atomic E-state index is 13.6. The lowest BCUT2D eigenvalue weighted by atomic mass is 9.94. The zero-order chi connectivity index (χ0) is 24.7. The van der Waals surface area contributed by atoms with Crippen LogP contribution in [0.1, 0.15) is 85.4 Å². The topological polar surface area (TPSA) is 87.7 Å². The Hall–Kier alpha value is -2.57. The Morgan fingerprint density at radius 2 is 1.72 bits per heavy atom. The number of hydrogen-bond acceptors (Lipinski definition) is 4. The number of carbonyl (C=O) groups excluding carboxylic acids is 3. The summed E-state index contributed by atoms with van der Waals surface area (Å²) in [4.78, 5) is 40.8. The van der Waals surface area contributed by atoms with Gasteiger partial charge in [0.2, 0.25) is 11.8 Å². The van der Waals surface area contributed by atoms with Crippen molar-refractivity contribution in [1.82, 2.24) is 15.5 Å². The largest absolute Gasteiger partial charge is 0.444 e. The van der Waals surface area contributed by atoms with Gasteiger partial charge in [-0.15, -0.1) is 0 Å². The minimum atomic E-state index is -0.875. The lowest BCUT2D eigenvalue weighted by Crippen LogP contribution is -2.58. The number of benzene rings is 1. The Kier molecular flexibility index (Phi) is 9.73. The van der Waals surface area contributed by atoms with Gasteiger partial charge in [-0.25, -0.2) is 4.79 Å². The molecule has 2 atom stereocenters. The van der Waals surface area contributed by atoms with Crippen molar-refractivity contribution in [2.45, 2.75) is 98.4 Å². The van der Waals surface area contributed by atoms with Gasteiger partial charge in [-0.3, -0.25) is 9.59 Å². The van der Waals surface area contributed by atoms with Crippen LogP contribution in [0.15, 0.2) is 24.3 Å². The van der Waals surface area contributed by atoms with Gasteiger partial charge in [0.15, 0.2) is 0 Å². The third-order valence-electron chi connectivity index (χ3n) is 4.76. The molecule has 0 radical (unpaired) electrons. The van der Waals surface area contributed by atoms with E-state index in [2.05, 4.69) is 17.6 Å². The fourth-order valence-electron chi connectivity index (χ4n) is 3.34. The van der Waals surface area contributed by atoms with Gasteiger partial charge in [0.1, 0.15) is 17.7 Å². The summed E-state index contributed by atoms with van der Waals surface area (Å²) >= 11 is 0. The zero-order valence-corrected chi connectivity index (χ0v) is 21.2. The summed E-state index contributed by atoms with van der Waals surface area (Å²) in [5.41, 5.74) is 0.360. The normalized spacial score (nSPS) is 13.7. The lowest BCUT2D eigenvalue weighted by Gasteiger charge is -2.42. The first-order valence-corrected chi connectivity index (χ1v) is 11.3. The van der Waals surface area contributed by atoms with Crippen LogP contribution in [-0.2, 0) is 14.3 Å². The summed E-state index contributed by atoms with van der Waals surface area (Å²) in [7, 11) is 0. The van der Waals surface area contributed by atoms with E-state index in [0.29, 0.717) is 6.54 Å². The van der Waals surface area contributed by atoms with Crippen LogP contribution in [0.4, 0.5) is 4.79 Å². The highest BCUT2D eigenvalue weighted by Crippen LogP contribution is 2.30. The molecule has 3 amide bonds. The summed E-state index contributed by atoms with van der Waals surface area (Å²) in [6, 6.07) is 5.90. The molecule has 0 aliphatic heterocycles. The molecule has 180 valence electrons. The van der Waals surface area contributed by atoms with Crippen LogP contribution in [-0.4, -0.2) is 46.5 Å². The number of amides is 3. The predicted molar refractivity (Wildman–Crippen MR) is 127 cm³/mol. The molecule has 0 spiro atoms. The van der Waals surface area contributed by atoms with Crippen molar-refractivity contribution >= 4 is 17.9 Å². The molecule has 0 saturated heterocycles. The van der Waals surface area contributed by atoms with E-state index in [1.807, 2.05) is 52.0 Å². The van der Waals surface area contributed by atoms with E-state index in [9.17, 15) is 14.4 Å². The van der Waals surface area contributed by atoms with Gasteiger partial charge in [0.05, 0.1) is 0 Å². The van der Waals surface area contributed by atoms with Crippen molar-refractivity contribution in [3.8, 4) is 0 Å². The maximum Gasteiger partial charge on any atom is 0.408 e. The van der Waals surface area contributed by atoms with Crippen LogP contribution in [0.2, 0.25) is 0 Å². The van der Waals surface area contributed by atoms with Crippen LogP contribution in [0, 0.1) is 6.92 Å². The number of aryl methyl sites for hydroxylation is 1. The molecule has 32 heavy (non-hydrogen) atoms. The minimum Gasteiger partial charge on any atom is -0.444 e. The van der Waals surface area contributed by atoms with Crippen LogP contribution in [0.3, 0.4) is 0 Å². The van der Waals surface area contributed by atoms with Gasteiger partial charge >= 0.3 is 6.09 Å². The van der Waals surface area contributed by atoms with E-state index in [4.69, 9.17) is 4.74 Å². The molecule has 0 saturated carbocycles. The quantitative estimate of drug-likeness (QED) is 0.575. The number of unbranched alkanes of at least 4 members (excludes halogenated alkanes) is 1. The van der Waals surface area contributed by atoms with Gasteiger partial charge in [-0.2, -0.15) is 0 Å². The molecule has 0 fully saturated rings. The fraction of sp³-hybridized carbons (Fsp3) is 0.640. The maximum absolute atomic E-state index is 13.6. The van der Waals surface area contributed by atoms with Crippen molar-refractivity contribution < 1.29 is 19.1 Å². The van der Waals surface area contributed by atoms with Crippen molar-refractivity contribution in [2.24, 2.45) is 0 Å². The molecule has 0 bridgehead atoms. The molecule has 1 rings (SSSR count). The summed E-state index contributed by atoms with van der Waals surface area (Å²) in [5, 5.41) is 5.59. The number of ether oxygens (including phenoxy) is 1. The summed E-state index contributed by atoms with van der Waals surface area (Å²) in [6.45, 7) is 17.1. The summed E-state index contributed by atoms with van der Waals surface area (Å²) in [6.07, 6.45) is 1.13. The van der Waals surface area contributed by atoms with Crippen molar-refractivity contribution in [1.29, 1.82) is 0 Å². The van der Waals surface area contributed by atoms with E-state index in [-0.39, 0.29) is 11.8 Å². The summed E-state index contributed by atoms with van der Waals surface area (Å²) in [5.74, 6) is -0.600. The number of nitrogens with one attached hydrogen (secondary N) is 2. The second-order valence-electron chi connectivity index (χ2n) is 10.2. The van der Waals surface area contributed by atoms with Crippen LogP contribution < -0.4 is 10.6 Å². The first kappa shape index (κ1) is 27.5. The highest BCUT2D eigenvalue weighted by Gasteiger charge is 2.40. The number of alkyl carbamates (subject to hydrolysis) is 1. The number of hydrogen-bond donors (Lipinski definition) is 2. The highest BCUT2D eigenvalue weighted by molar-refractivity contribution is 5.92. The molecular formula is C25H41N3O4. The molecule has 7 heteroatoms. The van der Waals surface area contributed by atoms with Crippen LogP contribution in [0.25, 0.3) is 0 Å². The standard InChI is InChI=1S/C25H41N3O4/c1-10-11-15-26-21(29)20(19-14-12-13-17(2)16-19)28(24(4,5)6)22(30)18(3)27-23(31)32-25(7,8)9/h12-14,16,18,20H,10-11,15H2,1-9H3,(H,26,29)(H,27,31). The van der Waals surface area contributed by atoms with E-state index in [1.54, 1.807) is 32.6 Å². The zero-order valence-electron chi connectivity index (χ0n) is 21.2. The van der Waals surface area contributed by atoms with Gasteiger partial charge in [0, 0.05) is 12.1 Å². The smallest absolute Gasteiger partial charge is 0.408 e. The fourth-order valence-corrected chi connectivity index (χ4v) is 3.34. The number of carbonyl (C=O) groups is 3. The third-order valence-corrected chi connectivity index (χ3v) is 4.76. The third kappa shape index (κ3) is 8.52. The molecule has 7 nitrogen and oxygen atoms in total. The molecule has 0 aliphatic rings. The average molecular weight is 448 g/mol.